The minimum Gasteiger partial charge on any atom is -0.387 e. The second-order valence-electron chi connectivity index (χ2n) is 13.4. The van der Waals surface area contributed by atoms with Crippen LogP contribution < -0.4 is 4.90 Å². The highest BCUT2D eigenvalue weighted by molar-refractivity contribution is 5.88. The normalized spacial score (nSPS) is 37.0. The zero-order valence-corrected chi connectivity index (χ0v) is 24.5. The lowest BCUT2D eigenvalue weighted by Crippen LogP contribution is -2.55. The summed E-state index contributed by atoms with van der Waals surface area (Å²) in [6, 6.07) is 9.21. The molecular weight excluding hydrogens is 502 g/mol. The number of methoxy groups -OCH3 is 1. The van der Waals surface area contributed by atoms with E-state index in [1.165, 1.54) is 52.8 Å². The SMILES string of the molecule is CO[C@]1(C(C)=O)CC[C@H]2[C@@H]3CCC4=C(CC(O)C5(C4)OCCO5)C3=C(c3ccc(N4CCCCC4)cc3)C[C@@]21C. The second kappa shape index (κ2) is 9.79. The van der Waals surface area contributed by atoms with E-state index in [0.29, 0.717) is 37.9 Å². The van der Waals surface area contributed by atoms with Crippen LogP contribution in [0.1, 0.15) is 83.6 Å². The third kappa shape index (κ3) is 3.78. The lowest BCUT2D eigenvalue weighted by atomic mass is 9.53. The van der Waals surface area contributed by atoms with Gasteiger partial charge in [0.15, 0.2) is 11.6 Å². The zero-order chi connectivity index (χ0) is 27.7. The van der Waals surface area contributed by atoms with Gasteiger partial charge in [0, 0.05) is 44.1 Å². The second-order valence-corrected chi connectivity index (χ2v) is 13.4. The van der Waals surface area contributed by atoms with Gasteiger partial charge in [-0.15, -0.1) is 0 Å². The highest BCUT2D eigenvalue weighted by atomic mass is 16.7. The number of anilines is 1. The van der Waals surface area contributed by atoms with Crippen molar-refractivity contribution in [3.63, 3.8) is 0 Å². The largest absolute Gasteiger partial charge is 0.387 e. The summed E-state index contributed by atoms with van der Waals surface area (Å²) in [7, 11) is 1.74. The summed E-state index contributed by atoms with van der Waals surface area (Å²) >= 11 is 0. The lowest BCUT2D eigenvalue weighted by Gasteiger charge is -2.53. The van der Waals surface area contributed by atoms with Gasteiger partial charge in [-0.05, 0) is 105 Å². The number of ketones is 1. The van der Waals surface area contributed by atoms with Crippen LogP contribution in [-0.4, -0.2) is 61.8 Å². The monoisotopic (exact) mass is 547 g/mol. The van der Waals surface area contributed by atoms with Gasteiger partial charge in [0.1, 0.15) is 11.7 Å². The maximum Gasteiger partial charge on any atom is 0.198 e. The summed E-state index contributed by atoms with van der Waals surface area (Å²) < 4.78 is 18.3. The van der Waals surface area contributed by atoms with Crippen molar-refractivity contribution in [3.8, 4) is 0 Å². The van der Waals surface area contributed by atoms with Gasteiger partial charge in [-0.1, -0.05) is 24.6 Å². The molecule has 216 valence electrons. The first kappa shape index (κ1) is 26.9. The van der Waals surface area contributed by atoms with E-state index >= 15 is 0 Å². The highest BCUT2D eigenvalue weighted by Gasteiger charge is 2.65. The van der Waals surface area contributed by atoms with Gasteiger partial charge >= 0.3 is 0 Å². The molecule has 4 aliphatic carbocycles. The van der Waals surface area contributed by atoms with Gasteiger partial charge in [-0.2, -0.15) is 0 Å². The van der Waals surface area contributed by atoms with Gasteiger partial charge in [0.25, 0.3) is 0 Å². The first-order chi connectivity index (χ1) is 19.3. The average Bonchev–Trinajstić information content (AvgIpc) is 3.56. The molecule has 2 heterocycles. The number of hydrogen-bond acceptors (Lipinski definition) is 6. The summed E-state index contributed by atoms with van der Waals surface area (Å²) in [5.74, 6) is 0.0180. The molecule has 6 heteroatoms. The molecule has 0 bridgehead atoms. The van der Waals surface area contributed by atoms with Gasteiger partial charge in [-0.25, -0.2) is 0 Å². The molecule has 1 N–H and O–H groups in total. The quantitative estimate of drug-likeness (QED) is 0.512. The molecule has 6 nitrogen and oxygen atoms in total. The van der Waals surface area contributed by atoms with E-state index in [-0.39, 0.29) is 11.2 Å². The van der Waals surface area contributed by atoms with Crippen LogP contribution in [0.15, 0.2) is 41.0 Å². The Labute approximate surface area is 238 Å². The summed E-state index contributed by atoms with van der Waals surface area (Å²) in [4.78, 5) is 15.8. The summed E-state index contributed by atoms with van der Waals surface area (Å²) in [6.45, 7) is 7.40. The number of carbonyl (C=O) groups excluding carboxylic acids is 1. The minimum atomic E-state index is -0.876. The van der Waals surface area contributed by atoms with Crippen molar-refractivity contribution < 1.29 is 24.1 Å². The van der Waals surface area contributed by atoms with Crippen molar-refractivity contribution in [2.75, 3.05) is 38.3 Å². The molecular formula is C34H45NO5. The molecule has 1 aromatic carbocycles. The number of piperidine rings is 1. The van der Waals surface area contributed by atoms with Crippen LogP contribution in [0.3, 0.4) is 0 Å². The first-order valence-corrected chi connectivity index (χ1v) is 15.6. The topological polar surface area (TPSA) is 68.2 Å². The van der Waals surface area contributed by atoms with Crippen LogP contribution in [0.4, 0.5) is 5.69 Å². The zero-order valence-electron chi connectivity index (χ0n) is 24.5. The van der Waals surface area contributed by atoms with Crippen LogP contribution in [0.25, 0.3) is 5.57 Å². The Kier molecular flexibility index (Phi) is 6.58. The first-order valence-electron chi connectivity index (χ1n) is 15.6. The number of carbonyl (C=O) groups is 1. The van der Waals surface area contributed by atoms with E-state index in [1.807, 2.05) is 0 Å². The maximum absolute atomic E-state index is 13.3. The molecule has 1 unspecified atom stereocenters. The molecule has 1 spiro atoms. The molecule has 1 saturated carbocycles. The number of benzene rings is 1. The van der Waals surface area contributed by atoms with E-state index in [0.717, 1.165) is 45.2 Å². The van der Waals surface area contributed by atoms with Crippen LogP contribution >= 0.6 is 0 Å². The fourth-order valence-electron chi connectivity index (χ4n) is 9.81. The van der Waals surface area contributed by atoms with Gasteiger partial charge < -0.3 is 24.2 Å². The van der Waals surface area contributed by atoms with Gasteiger partial charge in [0.2, 0.25) is 0 Å². The third-order valence-electron chi connectivity index (χ3n) is 11.8. The van der Waals surface area contributed by atoms with Crippen molar-refractivity contribution in [2.45, 2.75) is 95.5 Å². The molecule has 3 fully saturated rings. The van der Waals surface area contributed by atoms with Crippen LogP contribution in [0, 0.1) is 17.3 Å². The van der Waals surface area contributed by atoms with Gasteiger partial charge in [0.05, 0.1) is 13.2 Å². The smallest absolute Gasteiger partial charge is 0.198 e. The maximum atomic E-state index is 13.3. The van der Waals surface area contributed by atoms with Crippen molar-refractivity contribution in [1.82, 2.24) is 0 Å². The van der Waals surface area contributed by atoms with Crippen molar-refractivity contribution >= 4 is 17.0 Å². The summed E-state index contributed by atoms with van der Waals surface area (Å²) in [6.07, 6.45) is 9.05. The standard InChI is InChI=1S/C34H45NO5/c1-22(36)33(38-3)14-13-29-26-12-9-24-20-34(39-17-18-40-34)30(37)19-27(24)31(26)28(21-32(29,33)2)23-7-10-25(11-8-23)35-15-5-4-6-16-35/h7-8,10-11,26,29-30,37H,4-6,9,12-21H2,1-3H3/t26-,29-,30?,32-,33-/m0/s1. The predicted octanol–water partition coefficient (Wildman–Crippen LogP) is 5.83. The summed E-state index contributed by atoms with van der Waals surface area (Å²) in [5.41, 5.74) is 7.05. The van der Waals surface area contributed by atoms with Crippen LogP contribution in [0.2, 0.25) is 0 Å². The molecule has 1 aromatic rings. The fourth-order valence-corrected chi connectivity index (χ4v) is 9.81. The Morgan fingerprint density at radius 2 is 1.75 bits per heavy atom. The molecule has 0 aromatic heterocycles. The lowest BCUT2D eigenvalue weighted by molar-refractivity contribution is -0.222. The number of hydrogen-bond donors (Lipinski definition) is 1. The Balaban J connectivity index is 1.35. The van der Waals surface area contributed by atoms with Crippen LogP contribution in [-0.2, 0) is 19.0 Å². The van der Waals surface area contributed by atoms with E-state index in [1.54, 1.807) is 14.0 Å². The Hall–Kier alpha value is -1.99. The number of fused-ring (bicyclic) bond motifs is 4. The number of Topliss-reactive ketones (excluding diaryl/α,β-unsaturated/α-hetero) is 1. The van der Waals surface area contributed by atoms with Crippen molar-refractivity contribution in [1.29, 1.82) is 0 Å². The predicted molar refractivity (Wildman–Crippen MR) is 155 cm³/mol. The molecule has 0 radical (unpaired) electrons. The highest BCUT2D eigenvalue weighted by Crippen LogP contribution is 2.67. The van der Waals surface area contributed by atoms with E-state index in [9.17, 15) is 9.90 Å². The van der Waals surface area contributed by atoms with Crippen molar-refractivity contribution in [3.05, 3.63) is 46.5 Å². The Morgan fingerprint density at radius 3 is 2.42 bits per heavy atom. The minimum absolute atomic E-state index is 0.157. The van der Waals surface area contributed by atoms with E-state index < -0.39 is 17.5 Å². The number of aliphatic hydroxyl groups excluding tert-OH is 1. The molecule has 6 aliphatic rings. The molecule has 40 heavy (non-hydrogen) atoms. The number of ether oxygens (including phenoxy) is 3. The van der Waals surface area contributed by atoms with Crippen molar-refractivity contribution in [2.24, 2.45) is 17.3 Å². The molecule has 7 rings (SSSR count). The third-order valence-corrected chi connectivity index (χ3v) is 11.8. The van der Waals surface area contributed by atoms with E-state index in [4.69, 9.17) is 14.2 Å². The van der Waals surface area contributed by atoms with Crippen LogP contribution in [0.5, 0.6) is 0 Å². The van der Waals surface area contributed by atoms with Gasteiger partial charge in [-0.3, -0.25) is 4.79 Å². The fraction of sp³-hybridized carbons (Fsp3) is 0.676. The number of rotatable bonds is 4. The average molecular weight is 548 g/mol. The number of aliphatic hydroxyl groups is 1. The molecule has 5 atom stereocenters. The van der Waals surface area contributed by atoms with E-state index in [2.05, 4.69) is 36.1 Å². The molecule has 2 saturated heterocycles. The molecule has 2 aliphatic heterocycles. The summed E-state index contributed by atoms with van der Waals surface area (Å²) in [5, 5.41) is 11.4. The molecule has 0 amide bonds. The number of allylic oxidation sites excluding steroid dienone is 2. The number of nitrogens with zero attached hydrogens (tertiary/aromatic N) is 1. The Bertz CT molecular complexity index is 1240. The Morgan fingerprint density at radius 1 is 1.02 bits per heavy atom.